The Morgan fingerprint density at radius 3 is 2.47 bits per heavy atom. The van der Waals surface area contributed by atoms with Gasteiger partial charge in [0, 0.05) is 5.56 Å². The van der Waals surface area contributed by atoms with Gasteiger partial charge in [0.15, 0.2) is 11.5 Å². The first-order valence-corrected chi connectivity index (χ1v) is 11.4. The number of benzene rings is 2. The third kappa shape index (κ3) is 5.35. The molecule has 0 radical (unpaired) electrons. The maximum Gasteiger partial charge on any atom is 0.260 e. The lowest BCUT2D eigenvalue weighted by Gasteiger charge is -2.21. The van der Waals surface area contributed by atoms with Gasteiger partial charge in [0.05, 0.1) is 27.7 Å². The molecule has 1 N–H and O–H groups in total. The van der Waals surface area contributed by atoms with E-state index >= 15 is 0 Å². The normalized spacial score (nSPS) is 13.7. The molecular formula is C19H19Cl2N3O5S. The number of carbonyl (C=O) groups is 1. The molecule has 8 nitrogen and oxygen atoms in total. The van der Waals surface area contributed by atoms with E-state index in [2.05, 4.69) is 10.5 Å². The Kier molecular flexibility index (Phi) is 6.74. The number of carbonyl (C=O) groups excluding carboxylic acids is 1. The molecule has 11 heteroatoms. The average Bonchev–Trinajstić information content (AvgIpc) is 2.71. The van der Waals surface area contributed by atoms with Crippen molar-refractivity contribution in [2.75, 3.05) is 30.3 Å². The lowest BCUT2D eigenvalue weighted by molar-refractivity contribution is -0.119. The number of nitrogens with zero attached hydrogens (tertiary/aromatic N) is 2. The smallest absolute Gasteiger partial charge is 0.260 e. The highest BCUT2D eigenvalue weighted by Crippen LogP contribution is 2.31. The first-order valence-electron chi connectivity index (χ1n) is 8.81. The van der Waals surface area contributed by atoms with E-state index in [4.69, 9.17) is 32.7 Å². The summed E-state index contributed by atoms with van der Waals surface area (Å²) < 4.78 is 36.3. The van der Waals surface area contributed by atoms with Gasteiger partial charge in [-0.3, -0.25) is 9.10 Å². The number of sulfonamides is 1. The molecule has 2 aromatic rings. The van der Waals surface area contributed by atoms with Crippen molar-refractivity contribution >= 4 is 50.5 Å². The van der Waals surface area contributed by atoms with E-state index in [9.17, 15) is 13.2 Å². The molecule has 2 aromatic carbocycles. The van der Waals surface area contributed by atoms with Crippen LogP contribution < -0.4 is 19.2 Å². The van der Waals surface area contributed by atoms with Crippen molar-refractivity contribution in [3.8, 4) is 11.5 Å². The second-order valence-corrected chi connectivity index (χ2v) is 9.18. The van der Waals surface area contributed by atoms with Crippen LogP contribution in [-0.4, -0.2) is 46.1 Å². The predicted octanol–water partition coefficient (Wildman–Crippen LogP) is 3.07. The maximum absolute atomic E-state index is 12.4. The summed E-state index contributed by atoms with van der Waals surface area (Å²) in [6, 6.07) is 9.61. The molecule has 30 heavy (non-hydrogen) atoms. The zero-order valence-electron chi connectivity index (χ0n) is 16.2. The molecule has 3 rings (SSSR count). The monoisotopic (exact) mass is 471 g/mol. The molecule has 0 aliphatic carbocycles. The van der Waals surface area contributed by atoms with Gasteiger partial charge in [-0.25, -0.2) is 13.8 Å². The van der Waals surface area contributed by atoms with Crippen molar-refractivity contribution < 1.29 is 22.7 Å². The zero-order valence-corrected chi connectivity index (χ0v) is 18.5. The third-order valence-electron chi connectivity index (χ3n) is 4.19. The van der Waals surface area contributed by atoms with Crippen LogP contribution in [0.5, 0.6) is 11.5 Å². The molecule has 1 amide bonds. The number of hydrogen-bond donors (Lipinski definition) is 1. The van der Waals surface area contributed by atoms with Crippen molar-refractivity contribution in [3.05, 3.63) is 52.0 Å². The summed E-state index contributed by atoms with van der Waals surface area (Å²) in [6.45, 7) is 2.18. The molecule has 0 fully saturated rings. The van der Waals surface area contributed by atoms with E-state index in [1.165, 1.54) is 18.2 Å². The predicted molar refractivity (Wildman–Crippen MR) is 116 cm³/mol. The van der Waals surface area contributed by atoms with Crippen LogP contribution in [0.3, 0.4) is 0 Å². The van der Waals surface area contributed by atoms with E-state index in [1.54, 1.807) is 25.1 Å². The molecule has 1 heterocycles. The van der Waals surface area contributed by atoms with E-state index in [1.807, 2.05) is 0 Å². The fourth-order valence-corrected chi connectivity index (χ4v) is 3.83. The number of hydrogen-bond acceptors (Lipinski definition) is 6. The van der Waals surface area contributed by atoms with Gasteiger partial charge in [-0.1, -0.05) is 23.2 Å². The second kappa shape index (κ2) is 9.11. The van der Waals surface area contributed by atoms with Gasteiger partial charge in [-0.15, -0.1) is 0 Å². The average molecular weight is 472 g/mol. The lowest BCUT2D eigenvalue weighted by atomic mass is 10.1. The Balaban J connectivity index is 1.73. The van der Waals surface area contributed by atoms with Crippen LogP contribution in [-0.2, 0) is 14.8 Å². The van der Waals surface area contributed by atoms with Crippen LogP contribution in [0.2, 0.25) is 10.0 Å². The molecule has 0 unspecified atom stereocenters. The number of rotatable bonds is 6. The molecule has 1 aliphatic rings. The fraction of sp³-hybridized carbons (Fsp3) is 0.263. The molecule has 0 saturated carbocycles. The number of hydrazone groups is 1. The Morgan fingerprint density at radius 1 is 1.10 bits per heavy atom. The van der Waals surface area contributed by atoms with Gasteiger partial charge < -0.3 is 9.47 Å². The van der Waals surface area contributed by atoms with E-state index in [0.29, 0.717) is 30.4 Å². The number of halogens is 2. The number of ether oxygens (including phenoxy) is 2. The lowest BCUT2D eigenvalue weighted by Crippen LogP contribution is -2.39. The summed E-state index contributed by atoms with van der Waals surface area (Å²) in [7, 11) is -3.75. The number of nitrogens with one attached hydrogen (secondary N) is 1. The van der Waals surface area contributed by atoms with Gasteiger partial charge in [0.1, 0.15) is 19.8 Å². The highest BCUT2D eigenvalue weighted by Gasteiger charge is 2.21. The van der Waals surface area contributed by atoms with Crippen LogP contribution in [0.4, 0.5) is 5.69 Å². The molecule has 1 aliphatic heterocycles. The fourth-order valence-electron chi connectivity index (χ4n) is 2.69. The zero-order chi connectivity index (χ0) is 21.9. The van der Waals surface area contributed by atoms with Gasteiger partial charge in [0.2, 0.25) is 10.0 Å². The SMILES string of the molecule is CC(=NNC(=O)CN(c1ccc(Cl)c(Cl)c1)S(C)(=O)=O)c1ccc2c(c1)OCCO2. The summed E-state index contributed by atoms with van der Waals surface area (Å²) in [5.74, 6) is 0.623. The van der Waals surface area contributed by atoms with Crippen LogP contribution in [0, 0.1) is 0 Å². The minimum Gasteiger partial charge on any atom is -0.486 e. The highest BCUT2D eigenvalue weighted by atomic mass is 35.5. The molecule has 0 atom stereocenters. The summed E-state index contributed by atoms with van der Waals surface area (Å²) >= 11 is 11.8. The molecule has 0 spiro atoms. The van der Waals surface area contributed by atoms with Crippen LogP contribution in [0.25, 0.3) is 0 Å². The van der Waals surface area contributed by atoms with E-state index in [-0.39, 0.29) is 15.7 Å². The topological polar surface area (TPSA) is 97.3 Å². The number of fused-ring (bicyclic) bond motifs is 1. The van der Waals surface area contributed by atoms with Crippen molar-refractivity contribution in [2.24, 2.45) is 5.10 Å². The van der Waals surface area contributed by atoms with Gasteiger partial charge in [-0.2, -0.15) is 5.10 Å². The molecule has 160 valence electrons. The minimum absolute atomic E-state index is 0.177. The maximum atomic E-state index is 12.4. The van der Waals surface area contributed by atoms with Crippen molar-refractivity contribution in [3.63, 3.8) is 0 Å². The van der Waals surface area contributed by atoms with E-state index < -0.39 is 22.5 Å². The first-order chi connectivity index (χ1) is 14.1. The first kappa shape index (κ1) is 22.2. The molecule has 0 saturated heterocycles. The standard InChI is InChI=1S/C19H19Cl2N3O5S/c1-12(13-3-6-17-18(9-13)29-8-7-28-17)22-23-19(25)11-24(30(2,26)27)14-4-5-15(20)16(21)10-14/h3-6,9-10H,7-8,11H2,1-2H3,(H,23,25). The van der Waals surface area contributed by atoms with Gasteiger partial charge in [0.25, 0.3) is 5.91 Å². The van der Waals surface area contributed by atoms with Gasteiger partial charge >= 0.3 is 0 Å². The summed E-state index contributed by atoms with van der Waals surface area (Å²) in [4.78, 5) is 12.4. The largest absolute Gasteiger partial charge is 0.486 e. The van der Waals surface area contributed by atoms with Crippen LogP contribution in [0.15, 0.2) is 41.5 Å². The number of anilines is 1. The number of amides is 1. The van der Waals surface area contributed by atoms with Crippen molar-refractivity contribution in [1.29, 1.82) is 0 Å². The molecular weight excluding hydrogens is 453 g/mol. The third-order valence-corrected chi connectivity index (χ3v) is 6.07. The minimum atomic E-state index is -3.75. The Bertz CT molecular complexity index is 1110. The second-order valence-electron chi connectivity index (χ2n) is 6.46. The van der Waals surface area contributed by atoms with Crippen LogP contribution >= 0.6 is 23.2 Å². The van der Waals surface area contributed by atoms with Crippen molar-refractivity contribution in [1.82, 2.24) is 5.43 Å². The highest BCUT2D eigenvalue weighted by molar-refractivity contribution is 7.92. The quantitative estimate of drug-likeness (QED) is 0.515. The summed E-state index contributed by atoms with van der Waals surface area (Å²) in [6.07, 6.45) is 0.993. The summed E-state index contributed by atoms with van der Waals surface area (Å²) in [5, 5.41) is 4.51. The molecule has 0 aromatic heterocycles. The Labute approximate surface area is 184 Å². The van der Waals surface area contributed by atoms with Crippen molar-refractivity contribution in [2.45, 2.75) is 6.92 Å². The summed E-state index contributed by atoms with van der Waals surface area (Å²) in [5.41, 5.74) is 3.83. The molecule has 0 bridgehead atoms. The Hall–Kier alpha value is -2.49. The van der Waals surface area contributed by atoms with Gasteiger partial charge in [-0.05, 0) is 43.3 Å². The Morgan fingerprint density at radius 2 is 1.80 bits per heavy atom. The van der Waals surface area contributed by atoms with Crippen LogP contribution in [0.1, 0.15) is 12.5 Å². The van der Waals surface area contributed by atoms with E-state index in [0.717, 1.165) is 16.1 Å².